The monoisotopic (exact) mass is 292 g/mol. The van der Waals surface area contributed by atoms with Crippen LogP contribution in [-0.4, -0.2) is 22.0 Å². The normalized spacial score (nSPS) is 11.3. The number of carboxylic acid groups (broad SMARTS) is 1. The van der Waals surface area contributed by atoms with Gasteiger partial charge in [0, 0.05) is 10.9 Å². The van der Waals surface area contributed by atoms with E-state index in [0.29, 0.717) is 10.9 Å². The average Bonchev–Trinajstić information content (AvgIpc) is 2.52. The summed E-state index contributed by atoms with van der Waals surface area (Å²) in [6.45, 7) is 0. The molecule has 4 heteroatoms. The van der Waals surface area contributed by atoms with Gasteiger partial charge in [0.25, 0.3) is 5.78 Å². The molecule has 0 unspecified atom stereocenters. The summed E-state index contributed by atoms with van der Waals surface area (Å²) in [6, 6.07) is 15.1. The van der Waals surface area contributed by atoms with Crippen LogP contribution in [0.25, 0.3) is 27.6 Å². The molecule has 0 aliphatic rings. The molecule has 4 nitrogen and oxygen atoms in total. The fraction of sp³-hybridized carbons (Fsp3) is 0. The molecule has 0 fully saturated rings. The van der Waals surface area contributed by atoms with E-state index in [9.17, 15) is 14.7 Å². The topological polar surface area (TPSA) is 74.6 Å². The van der Waals surface area contributed by atoms with E-state index in [2.05, 4.69) is 0 Å². The number of hydrogen-bond donors (Lipinski definition) is 2. The molecular weight excluding hydrogens is 280 g/mol. The van der Waals surface area contributed by atoms with Gasteiger partial charge in [-0.05, 0) is 40.4 Å². The van der Waals surface area contributed by atoms with Crippen LogP contribution in [0.15, 0.2) is 54.6 Å². The molecule has 0 radical (unpaired) electrons. The van der Waals surface area contributed by atoms with Crippen LogP contribution in [0.1, 0.15) is 5.56 Å². The average molecular weight is 292 g/mol. The zero-order valence-corrected chi connectivity index (χ0v) is 11.5. The third-order valence-corrected chi connectivity index (χ3v) is 3.51. The molecule has 3 rings (SSSR count). The summed E-state index contributed by atoms with van der Waals surface area (Å²) in [6.07, 6.45) is 2.24. The lowest BCUT2D eigenvalue weighted by atomic mass is 10.0. The summed E-state index contributed by atoms with van der Waals surface area (Å²) in [7, 11) is 0. The minimum atomic E-state index is -1.53. The lowest BCUT2D eigenvalue weighted by Gasteiger charge is -2.07. The van der Waals surface area contributed by atoms with E-state index in [1.165, 1.54) is 6.08 Å². The SMILES string of the molecule is O=C(O)C(=O)C=Cc1ccc2cc3ccccc3cc2c1O. The number of fused-ring (bicyclic) bond motifs is 2. The molecule has 3 aromatic carbocycles. The number of carbonyl (C=O) groups is 2. The lowest BCUT2D eigenvalue weighted by Crippen LogP contribution is -2.08. The number of aromatic hydroxyl groups is 1. The predicted molar refractivity (Wildman–Crippen MR) is 84.8 cm³/mol. The Kier molecular flexibility index (Phi) is 3.35. The number of carbonyl (C=O) groups excluding carboxylic acids is 1. The van der Waals surface area contributed by atoms with Crippen molar-refractivity contribution in [2.75, 3.05) is 0 Å². The minimum absolute atomic E-state index is 0.0256. The first kappa shape index (κ1) is 13.8. The van der Waals surface area contributed by atoms with Crippen molar-refractivity contribution in [3.63, 3.8) is 0 Å². The van der Waals surface area contributed by atoms with E-state index in [1.54, 1.807) is 6.07 Å². The van der Waals surface area contributed by atoms with E-state index >= 15 is 0 Å². The number of phenolic OH excluding ortho intramolecular Hbond substituents is 1. The Morgan fingerprint density at radius 3 is 2.27 bits per heavy atom. The molecule has 108 valence electrons. The number of hydrogen-bond acceptors (Lipinski definition) is 3. The Morgan fingerprint density at radius 1 is 0.909 bits per heavy atom. The fourth-order valence-corrected chi connectivity index (χ4v) is 2.39. The quantitative estimate of drug-likeness (QED) is 0.441. The van der Waals surface area contributed by atoms with Crippen molar-refractivity contribution >= 4 is 39.4 Å². The molecule has 0 bridgehead atoms. The standard InChI is InChI=1S/C18H12O4/c19-16(18(21)22)8-7-11-5-6-14-9-12-3-1-2-4-13(12)10-15(14)17(11)20/h1-10,20H,(H,21,22). The van der Waals surface area contributed by atoms with Gasteiger partial charge >= 0.3 is 5.97 Å². The van der Waals surface area contributed by atoms with Crippen LogP contribution < -0.4 is 0 Å². The number of rotatable bonds is 3. The van der Waals surface area contributed by atoms with E-state index in [4.69, 9.17) is 5.11 Å². The first-order valence-corrected chi connectivity index (χ1v) is 6.66. The van der Waals surface area contributed by atoms with Gasteiger partial charge in [-0.25, -0.2) is 4.79 Å². The maximum absolute atomic E-state index is 11.1. The molecule has 0 saturated carbocycles. The molecule has 3 aromatic rings. The largest absolute Gasteiger partial charge is 0.507 e. The molecule has 0 amide bonds. The fourth-order valence-electron chi connectivity index (χ4n) is 2.39. The summed E-state index contributed by atoms with van der Waals surface area (Å²) in [5, 5.41) is 22.5. The third kappa shape index (κ3) is 2.42. The summed E-state index contributed by atoms with van der Waals surface area (Å²) in [4.78, 5) is 21.6. The Morgan fingerprint density at radius 2 is 1.59 bits per heavy atom. The molecule has 2 N–H and O–H groups in total. The van der Waals surface area contributed by atoms with Gasteiger partial charge in [-0.15, -0.1) is 0 Å². The van der Waals surface area contributed by atoms with Crippen molar-refractivity contribution in [2.24, 2.45) is 0 Å². The summed E-state index contributed by atoms with van der Waals surface area (Å²) < 4.78 is 0. The Balaban J connectivity index is 2.14. The zero-order valence-electron chi connectivity index (χ0n) is 11.5. The first-order chi connectivity index (χ1) is 10.6. The van der Waals surface area contributed by atoms with Gasteiger partial charge in [-0.2, -0.15) is 0 Å². The van der Waals surface area contributed by atoms with Crippen molar-refractivity contribution in [1.82, 2.24) is 0 Å². The van der Waals surface area contributed by atoms with Gasteiger partial charge in [-0.1, -0.05) is 36.4 Å². The summed E-state index contributed by atoms with van der Waals surface area (Å²) in [5.41, 5.74) is 0.400. The van der Waals surface area contributed by atoms with Crippen LogP contribution in [0.3, 0.4) is 0 Å². The molecule has 22 heavy (non-hydrogen) atoms. The van der Waals surface area contributed by atoms with Crippen molar-refractivity contribution in [1.29, 1.82) is 0 Å². The second kappa shape index (κ2) is 5.33. The van der Waals surface area contributed by atoms with Gasteiger partial charge in [0.05, 0.1) is 0 Å². The van der Waals surface area contributed by atoms with Crippen molar-refractivity contribution in [3.05, 3.63) is 60.2 Å². The highest BCUT2D eigenvalue weighted by molar-refractivity contribution is 6.38. The number of aliphatic carboxylic acids is 1. The molecule has 0 aliphatic heterocycles. The maximum Gasteiger partial charge on any atom is 0.376 e. The minimum Gasteiger partial charge on any atom is -0.507 e. The predicted octanol–water partition coefficient (Wildman–Crippen LogP) is 3.37. The van der Waals surface area contributed by atoms with Gasteiger partial charge < -0.3 is 10.2 Å². The first-order valence-electron chi connectivity index (χ1n) is 6.66. The van der Waals surface area contributed by atoms with Gasteiger partial charge in [0.2, 0.25) is 0 Å². The molecule has 0 spiro atoms. The molecule has 0 saturated heterocycles. The Bertz CT molecular complexity index is 938. The molecule has 0 atom stereocenters. The van der Waals surface area contributed by atoms with Crippen LogP contribution in [0.2, 0.25) is 0 Å². The number of carboxylic acids is 1. The van der Waals surface area contributed by atoms with Crippen molar-refractivity contribution in [3.8, 4) is 5.75 Å². The highest BCUT2D eigenvalue weighted by atomic mass is 16.4. The number of phenols is 1. The van der Waals surface area contributed by atoms with Crippen LogP contribution in [0, 0.1) is 0 Å². The zero-order chi connectivity index (χ0) is 15.7. The number of ketones is 1. The van der Waals surface area contributed by atoms with Gasteiger partial charge in [-0.3, -0.25) is 4.79 Å². The highest BCUT2D eigenvalue weighted by Gasteiger charge is 2.09. The smallest absolute Gasteiger partial charge is 0.376 e. The van der Waals surface area contributed by atoms with E-state index in [1.807, 2.05) is 42.5 Å². The Labute approximate surface area is 125 Å². The molecule has 0 aromatic heterocycles. The lowest BCUT2D eigenvalue weighted by molar-refractivity contribution is -0.146. The van der Waals surface area contributed by atoms with Crippen molar-refractivity contribution < 1.29 is 19.8 Å². The van der Waals surface area contributed by atoms with Crippen LogP contribution in [0.4, 0.5) is 0 Å². The summed E-state index contributed by atoms with van der Waals surface area (Å²) >= 11 is 0. The highest BCUT2D eigenvalue weighted by Crippen LogP contribution is 2.32. The van der Waals surface area contributed by atoms with Gasteiger partial charge in [0.1, 0.15) is 5.75 Å². The van der Waals surface area contributed by atoms with E-state index < -0.39 is 11.8 Å². The van der Waals surface area contributed by atoms with Gasteiger partial charge in [0.15, 0.2) is 0 Å². The summed E-state index contributed by atoms with van der Waals surface area (Å²) in [5.74, 6) is -2.53. The maximum atomic E-state index is 11.1. The molecule has 0 heterocycles. The van der Waals surface area contributed by atoms with Crippen LogP contribution in [-0.2, 0) is 9.59 Å². The number of benzene rings is 3. The molecular formula is C18H12O4. The molecule has 0 aliphatic carbocycles. The second-order valence-corrected chi connectivity index (χ2v) is 4.93. The van der Waals surface area contributed by atoms with E-state index in [-0.39, 0.29) is 5.75 Å². The Hall–Kier alpha value is -3.14. The second-order valence-electron chi connectivity index (χ2n) is 4.93. The van der Waals surface area contributed by atoms with E-state index in [0.717, 1.165) is 22.2 Å². The third-order valence-electron chi connectivity index (χ3n) is 3.51. The van der Waals surface area contributed by atoms with Crippen LogP contribution >= 0.6 is 0 Å². The van der Waals surface area contributed by atoms with Crippen LogP contribution in [0.5, 0.6) is 5.75 Å². The van der Waals surface area contributed by atoms with Crippen molar-refractivity contribution in [2.45, 2.75) is 0 Å².